The zero-order valence-electron chi connectivity index (χ0n) is 13.0. The standard InChI is InChI=1S/C17H12F3N3O2/c1-25-17(24)9-2-3-11(18)10(4-9)7-22-16-8-21-14-5-12(19)13(20)6-15(14)23-16/h2-6,8H,7H2,1H3,(H,22,23). The Morgan fingerprint density at radius 2 is 1.80 bits per heavy atom. The average molecular weight is 347 g/mol. The van der Waals surface area contributed by atoms with E-state index in [9.17, 15) is 18.0 Å². The number of benzene rings is 2. The monoisotopic (exact) mass is 347 g/mol. The van der Waals surface area contributed by atoms with Gasteiger partial charge in [-0.3, -0.25) is 4.98 Å². The molecule has 0 aliphatic carbocycles. The maximum Gasteiger partial charge on any atom is 0.337 e. The van der Waals surface area contributed by atoms with Crippen molar-refractivity contribution in [1.29, 1.82) is 0 Å². The Labute approximate surface area is 140 Å². The molecule has 0 atom stereocenters. The summed E-state index contributed by atoms with van der Waals surface area (Å²) in [5.74, 6) is -2.88. The van der Waals surface area contributed by atoms with Gasteiger partial charge < -0.3 is 10.1 Å². The summed E-state index contributed by atoms with van der Waals surface area (Å²) in [4.78, 5) is 19.6. The number of nitrogens with zero attached hydrogens (tertiary/aromatic N) is 2. The number of nitrogens with one attached hydrogen (secondary N) is 1. The van der Waals surface area contributed by atoms with Crippen molar-refractivity contribution >= 4 is 22.8 Å². The van der Waals surface area contributed by atoms with Gasteiger partial charge in [-0.2, -0.15) is 0 Å². The molecular formula is C17H12F3N3O2. The van der Waals surface area contributed by atoms with Gasteiger partial charge in [-0.15, -0.1) is 0 Å². The second kappa shape index (κ2) is 6.76. The summed E-state index contributed by atoms with van der Waals surface area (Å²) in [6.07, 6.45) is 1.32. The molecular weight excluding hydrogens is 335 g/mol. The molecule has 128 valence electrons. The van der Waals surface area contributed by atoms with Crippen LogP contribution in [0.25, 0.3) is 11.0 Å². The summed E-state index contributed by atoms with van der Waals surface area (Å²) in [6, 6.07) is 5.71. The van der Waals surface area contributed by atoms with Gasteiger partial charge in [0.1, 0.15) is 11.6 Å². The van der Waals surface area contributed by atoms with E-state index in [4.69, 9.17) is 0 Å². The third kappa shape index (κ3) is 3.52. The molecule has 1 heterocycles. The molecule has 0 unspecified atom stereocenters. The van der Waals surface area contributed by atoms with Gasteiger partial charge in [0.05, 0.1) is 29.9 Å². The van der Waals surface area contributed by atoms with Crippen LogP contribution in [0.5, 0.6) is 0 Å². The summed E-state index contributed by atoms with van der Waals surface area (Å²) in [5.41, 5.74) is 0.786. The number of methoxy groups -OCH3 is 1. The third-order valence-electron chi connectivity index (χ3n) is 3.51. The summed E-state index contributed by atoms with van der Waals surface area (Å²) in [5, 5.41) is 2.83. The molecule has 1 aromatic heterocycles. The largest absolute Gasteiger partial charge is 0.465 e. The highest BCUT2D eigenvalue weighted by molar-refractivity contribution is 5.89. The van der Waals surface area contributed by atoms with Gasteiger partial charge in [-0.05, 0) is 18.2 Å². The molecule has 2 aromatic carbocycles. The van der Waals surface area contributed by atoms with Crippen molar-refractivity contribution in [2.75, 3.05) is 12.4 Å². The number of esters is 1. The lowest BCUT2D eigenvalue weighted by molar-refractivity contribution is 0.0600. The number of ether oxygens (including phenoxy) is 1. The van der Waals surface area contributed by atoms with E-state index in [0.717, 1.165) is 18.2 Å². The fourth-order valence-corrected chi connectivity index (χ4v) is 2.23. The number of rotatable bonds is 4. The lowest BCUT2D eigenvalue weighted by Crippen LogP contribution is -2.07. The first kappa shape index (κ1) is 16.7. The molecule has 0 fully saturated rings. The smallest absolute Gasteiger partial charge is 0.337 e. The number of hydrogen-bond donors (Lipinski definition) is 1. The van der Waals surface area contributed by atoms with Crippen LogP contribution in [0.1, 0.15) is 15.9 Å². The molecule has 0 spiro atoms. The quantitative estimate of drug-likeness (QED) is 0.733. The number of aromatic nitrogens is 2. The topological polar surface area (TPSA) is 64.1 Å². The summed E-state index contributed by atoms with van der Waals surface area (Å²) in [7, 11) is 1.23. The molecule has 1 N–H and O–H groups in total. The van der Waals surface area contributed by atoms with Crippen molar-refractivity contribution < 1.29 is 22.7 Å². The van der Waals surface area contributed by atoms with Crippen LogP contribution in [0.15, 0.2) is 36.5 Å². The predicted octanol–water partition coefficient (Wildman–Crippen LogP) is 3.45. The van der Waals surface area contributed by atoms with E-state index in [2.05, 4.69) is 20.0 Å². The fourth-order valence-electron chi connectivity index (χ4n) is 2.23. The maximum absolute atomic E-state index is 13.9. The van der Waals surface area contributed by atoms with Crippen LogP contribution in [0, 0.1) is 17.5 Å². The van der Waals surface area contributed by atoms with Crippen LogP contribution in [0.4, 0.5) is 19.0 Å². The van der Waals surface area contributed by atoms with Gasteiger partial charge in [0.25, 0.3) is 0 Å². The van der Waals surface area contributed by atoms with Crippen LogP contribution in [0.2, 0.25) is 0 Å². The highest BCUT2D eigenvalue weighted by Gasteiger charge is 2.11. The number of halogens is 3. The van der Waals surface area contributed by atoms with Crippen molar-refractivity contribution in [2.24, 2.45) is 0 Å². The molecule has 0 bridgehead atoms. The first-order chi connectivity index (χ1) is 12.0. The summed E-state index contributed by atoms with van der Waals surface area (Å²) >= 11 is 0. The molecule has 5 nitrogen and oxygen atoms in total. The van der Waals surface area contributed by atoms with Gasteiger partial charge in [-0.1, -0.05) is 0 Å². The van der Waals surface area contributed by atoms with Crippen molar-refractivity contribution in [3.8, 4) is 0 Å². The number of fused-ring (bicyclic) bond motifs is 1. The SMILES string of the molecule is COC(=O)c1ccc(F)c(CNc2cnc3cc(F)c(F)cc3n2)c1. The third-order valence-corrected chi connectivity index (χ3v) is 3.51. The van der Waals surface area contributed by atoms with Crippen molar-refractivity contribution in [3.05, 3.63) is 65.1 Å². The molecule has 0 saturated heterocycles. The maximum atomic E-state index is 13.9. The van der Waals surface area contributed by atoms with Gasteiger partial charge in [0, 0.05) is 24.2 Å². The molecule has 3 aromatic rings. The van der Waals surface area contributed by atoms with Crippen LogP contribution >= 0.6 is 0 Å². The van der Waals surface area contributed by atoms with Crippen molar-refractivity contribution in [1.82, 2.24) is 9.97 Å². The van der Waals surface area contributed by atoms with Crippen LogP contribution in [0.3, 0.4) is 0 Å². The average Bonchev–Trinajstić information content (AvgIpc) is 2.61. The molecule has 25 heavy (non-hydrogen) atoms. The van der Waals surface area contributed by atoms with E-state index in [1.807, 2.05) is 0 Å². The van der Waals surface area contributed by atoms with E-state index < -0.39 is 23.4 Å². The number of hydrogen-bond acceptors (Lipinski definition) is 5. The number of carbonyl (C=O) groups is 1. The number of anilines is 1. The van der Waals surface area contributed by atoms with Crippen molar-refractivity contribution in [3.63, 3.8) is 0 Å². The van der Waals surface area contributed by atoms with Gasteiger partial charge in [0.15, 0.2) is 11.6 Å². The zero-order valence-corrected chi connectivity index (χ0v) is 13.0. The second-order valence-electron chi connectivity index (χ2n) is 5.16. The van der Waals surface area contributed by atoms with E-state index in [1.165, 1.54) is 25.4 Å². The molecule has 0 saturated carbocycles. The Hall–Kier alpha value is -3.16. The van der Waals surface area contributed by atoms with Crippen LogP contribution in [-0.2, 0) is 11.3 Å². The predicted molar refractivity (Wildman–Crippen MR) is 84.5 cm³/mol. The van der Waals surface area contributed by atoms with E-state index in [1.54, 1.807) is 0 Å². The van der Waals surface area contributed by atoms with E-state index in [-0.39, 0.29) is 34.5 Å². The summed E-state index contributed by atoms with van der Waals surface area (Å²) < 4.78 is 44.9. The summed E-state index contributed by atoms with van der Waals surface area (Å²) in [6.45, 7) is 0.0144. The minimum Gasteiger partial charge on any atom is -0.465 e. The van der Waals surface area contributed by atoms with Gasteiger partial charge >= 0.3 is 5.97 Å². The lowest BCUT2D eigenvalue weighted by atomic mass is 10.1. The Bertz CT molecular complexity index is 963. The zero-order chi connectivity index (χ0) is 18.0. The molecule has 0 radical (unpaired) electrons. The van der Waals surface area contributed by atoms with Crippen LogP contribution < -0.4 is 5.32 Å². The Morgan fingerprint density at radius 1 is 1.08 bits per heavy atom. The Balaban J connectivity index is 1.83. The van der Waals surface area contributed by atoms with E-state index in [0.29, 0.717) is 0 Å². The van der Waals surface area contributed by atoms with Crippen LogP contribution in [-0.4, -0.2) is 23.0 Å². The first-order valence-electron chi connectivity index (χ1n) is 7.20. The van der Waals surface area contributed by atoms with Crippen molar-refractivity contribution in [2.45, 2.75) is 6.54 Å². The molecule has 8 heteroatoms. The van der Waals surface area contributed by atoms with E-state index >= 15 is 0 Å². The minimum absolute atomic E-state index is 0.0144. The Morgan fingerprint density at radius 3 is 2.52 bits per heavy atom. The molecule has 0 amide bonds. The molecule has 0 aliphatic rings. The number of carbonyl (C=O) groups excluding carboxylic acids is 1. The highest BCUT2D eigenvalue weighted by atomic mass is 19.2. The molecule has 3 rings (SSSR count). The second-order valence-corrected chi connectivity index (χ2v) is 5.16. The molecule has 0 aliphatic heterocycles. The minimum atomic E-state index is -1.03. The first-order valence-corrected chi connectivity index (χ1v) is 7.20. The van der Waals surface area contributed by atoms with Gasteiger partial charge in [-0.25, -0.2) is 22.9 Å². The fraction of sp³-hybridized carbons (Fsp3) is 0.118. The Kier molecular flexibility index (Phi) is 4.51. The lowest BCUT2D eigenvalue weighted by Gasteiger charge is -2.09. The highest BCUT2D eigenvalue weighted by Crippen LogP contribution is 2.18. The normalized spacial score (nSPS) is 10.7. The van der Waals surface area contributed by atoms with Gasteiger partial charge in [0.2, 0.25) is 0 Å².